The number of aromatic nitrogens is 2. The topological polar surface area (TPSA) is 62.5 Å². The molecule has 2 aliphatic heterocycles. The van der Waals surface area contributed by atoms with E-state index in [4.69, 9.17) is 4.52 Å². The van der Waals surface area contributed by atoms with Crippen molar-refractivity contribution in [3.63, 3.8) is 0 Å². The number of para-hydroxylation sites is 1. The molecule has 1 aromatic heterocycles. The van der Waals surface area contributed by atoms with Crippen LogP contribution in [0.5, 0.6) is 0 Å². The van der Waals surface area contributed by atoms with Crippen LogP contribution in [0.2, 0.25) is 0 Å². The molecule has 6 heteroatoms. The maximum Gasteiger partial charge on any atom is 0.244 e. The number of piperidine rings is 2. The van der Waals surface area contributed by atoms with E-state index in [1.807, 2.05) is 42.2 Å². The van der Waals surface area contributed by atoms with Crippen LogP contribution in [0.3, 0.4) is 0 Å². The minimum Gasteiger partial charge on any atom is -0.340 e. The fourth-order valence-electron chi connectivity index (χ4n) is 4.01. The third-order valence-electron chi connectivity index (χ3n) is 5.36. The Labute approximate surface area is 147 Å². The van der Waals surface area contributed by atoms with Crippen molar-refractivity contribution in [1.82, 2.24) is 15.0 Å². The molecule has 4 rings (SSSR count). The molecule has 25 heavy (non-hydrogen) atoms. The van der Waals surface area contributed by atoms with Crippen LogP contribution in [-0.2, 0) is 4.79 Å². The Balaban J connectivity index is 1.41. The Bertz CT molecular complexity index is 722. The number of amides is 1. The van der Waals surface area contributed by atoms with E-state index in [0.717, 1.165) is 56.8 Å². The van der Waals surface area contributed by atoms with Gasteiger partial charge in [0.25, 0.3) is 0 Å². The first-order valence-electron chi connectivity index (χ1n) is 9.13. The third kappa shape index (κ3) is 3.31. The zero-order valence-electron chi connectivity index (χ0n) is 14.6. The maximum absolute atomic E-state index is 13.0. The Morgan fingerprint density at radius 2 is 1.84 bits per heavy atom. The van der Waals surface area contributed by atoms with Crippen molar-refractivity contribution < 1.29 is 9.32 Å². The van der Waals surface area contributed by atoms with E-state index in [1.54, 1.807) is 0 Å². The summed E-state index contributed by atoms with van der Waals surface area (Å²) in [4.78, 5) is 21.7. The van der Waals surface area contributed by atoms with Crippen molar-refractivity contribution in [2.75, 3.05) is 24.5 Å². The predicted octanol–water partition coefficient (Wildman–Crippen LogP) is 2.75. The highest BCUT2D eigenvalue weighted by Gasteiger charge is 2.36. The monoisotopic (exact) mass is 340 g/mol. The van der Waals surface area contributed by atoms with Gasteiger partial charge in [0.2, 0.25) is 11.8 Å². The Kier molecular flexibility index (Phi) is 4.53. The molecule has 3 heterocycles. The minimum atomic E-state index is 0.00177. The summed E-state index contributed by atoms with van der Waals surface area (Å²) in [6, 6.07) is 10.0. The Morgan fingerprint density at radius 3 is 2.52 bits per heavy atom. The second-order valence-electron chi connectivity index (χ2n) is 6.97. The number of likely N-dealkylation sites (tertiary alicyclic amines) is 1. The van der Waals surface area contributed by atoms with Crippen LogP contribution >= 0.6 is 0 Å². The van der Waals surface area contributed by atoms with Crippen LogP contribution in [0.25, 0.3) is 0 Å². The summed E-state index contributed by atoms with van der Waals surface area (Å²) in [5, 5.41) is 4.06. The van der Waals surface area contributed by atoms with Gasteiger partial charge in [0.05, 0.1) is 6.04 Å². The summed E-state index contributed by atoms with van der Waals surface area (Å²) in [5.41, 5.74) is 1.01. The largest absolute Gasteiger partial charge is 0.340 e. The number of carbonyl (C=O) groups excluding carboxylic acids is 1. The van der Waals surface area contributed by atoms with Gasteiger partial charge in [0, 0.05) is 25.1 Å². The second kappa shape index (κ2) is 6.96. The van der Waals surface area contributed by atoms with E-state index in [1.165, 1.54) is 0 Å². The summed E-state index contributed by atoms with van der Waals surface area (Å²) in [6.07, 6.45) is 3.96. The van der Waals surface area contributed by atoms with E-state index in [-0.39, 0.29) is 11.9 Å². The van der Waals surface area contributed by atoms with Gasteiger partial charge in [-0.3, -0.25) is 9.69 Å². The van der Waals surface area contributed by atoms with Gasteiger partial charge in [-0.1, -0.05) is 23.4 Å². The van der Waals surface area contributed by atoms with Crippen LogP contribution < -0.4 is 4.90 Å². The number of hydrogen-bond donors (Lipinski definition) is 0. The normalized spacial score (nSPS) is 23.2. The summed E-state index contributed by atoms with van der Waals surface area (Å²) in [7, 11) is 0. The molecule has 0 saturated carbocycles. The molecule has 1 aromatic carbocycles. The number of nitrogens with zero attached hydrogens (tertiary/aromatic N) is 4. The molecule has 0 bridgehead atoms. The molecule has 0 spiro atoms. The molecule has 2 saturated heterocycles. The van der Waals surface area contributed by atoms with Gasteiger partial charge in [-0.05, 0) is 50.9 Å². The molecule has 0 N–H and O–H groups in total. The van der Waals surface area contributed by atoms with Gasteiger partial charge in [-0.15, -0.1) is 0 Å². The first kappa shape index (κ1) is 16.3. The Hall–Kier alpha value is -2.21. The molecule has 2 aromatic rings. The molecule has 2 fully saturated rings. The first-order valence-corrected chi connectivity index (χ1v) is 9.13. The fraction of sp³-hybridized carbons (Fsp3) is 0.526. The van der Waals surface area contributed by atoms with Gasteiger partial charge in [-0.25, -0.2) is 0 Å². The average Bonchev–Trinajstić information content (AvgIpc) is 3.09. The van der Waals surface area contributed by atoms with Crippen LogP contribution in [-0.4, -0.2) is 46.6 Å². The average molecular weight is 340 g/mol. The van der Waals surface area contributed by atoms with Crippen molar-refractivity contribution in [3.8, 4) is 0 Å². The summed E-state index contributed by atoms with van der Waals surface area (Å²) < 4.78 is 5.11. The SMILES string of the molecule is Cc1nc(C2CCN(C3CCCN(c4ccccc4)C3=O)CC2)no1. The molecule has 6 nitrogen and oxygen atoms in total. The molecule has 0 radical (unpaired) electrons. The molecule has 1 atom stereocenters. The quantitative estimate of drug-likeness (QED) is 0.860. The lowest BCUT2D eigenvalue weighted by Crippen LogP contribution is -2.54. The summed E-state index contributed by atoms with van der Waals surface area (Å²) in [5.74, 6) is 2.03. The van der Waals surface area contributed by atoms with Gasteiger partial charge in [0.15, 0.2) is 5.82 Å². The van der Waals surface area contributed by atoms with Crippen molar-refractivity contribution in [2.45, 2.75) is 44.6 Å². The van der Waals surface area contributed by atoms with Crippen molar-refractivity contribution >= 4 is 11.6 Å². The van der Waals surface area contributed by atoms with Crippen molar-refractivity contribution in [1.29, 1.82) is 0 Å². The van der Waals surface area contributed by atoms with E-state index >= 15 is 0 Å². The number of anilines is 1. The molecular formula is C19H24N4O2. The standard InChI is InChI=1S/C19H24N4O2/c1-14-20-18(21-25-14)15-9-12-22(13-10-15)17-8-5-11-23(19(17)24)16-6-3-2-4-7-16/h2-4,6-7,15,17H,5,8-13H2,1H3. The molecule has 1 amide bonds. The number of aryl methyl sites for hydroxylation is 1. The highest BCUT2D eigenvalue weighted by atomic mass is 16.5. The third-order valence-corrected chi connectivity index (χ3v) is 5.36. The van der Waals surface area contributed by atoms with Crippen molar-refractivity contribution in [2.24, 2.45) is 0 Å². The smallest absolute Gasteiger partial charge is 0.244 e. The van der Waals surface area contributed by atoms with E-state index in [9.17, 15) is 4.79 Å². The van der Waals surface area contributed by atoms with E-state index in [2.05, 4.69) is 15.0 Å². The van der Waals surface area contributed by atoms with E-state index in [0.29, 0.717) is 11.8 Å². The Morgan fingerprint density at radius 1 is 1.08 bits per heavy atom. The summed E-state index contributed by atoms with van der Waals surface area (Å²) in [6.45, 7) is 4.47. The lowest BCUT2D eigenvalue weighted by atomic mass is 9.93. The summed E-state index contributed by atoms with van der Waals surface area (Å²) >= 11 is 0. The number of hydrogen-bond acceptors (Lipinski definition) is 5. The maximum atomic E-state index is 13.0. The van der Waals surface area contributed by atoms with Gasteiger partial charge >= 0.3 is 0 Å². The van der Waals surface area contributed by atoms with Gasteiger partial charge in [-0.2, -0.15) is 4.98 Å². The molecule has 132 valence electrons. The van der Waals surface area contributed by atoms with E-state index < -0.39 is 0 Å². The lowest BCUT2D eigenvalue weighted by Gasteiger charge is -2.41. The molecular weight excluding hydrogens is 316 g/mol. The van der Waals surface area contributed by atoms with Crippen LogP contribution in [0.15, 0.2) is 34.9 Å². The lowest BCUT2D eigenvalue weighted by molar-refractivity contribution is -0.125. The van der Waals surface area contributed by atoms with Gasteiger partial charge < -0.3 is 9.42 Å². The predicted molar refractivity (Wildman–Crippen MR) is 94.4 cm³/mol. The zero-order chi connectivity index (χ0) is 17.2. The second-order valence-corrected chi connectivity index (χ2v) is 6.97. The minimum absolute atomic E-state index is 0.00177. The number of carbonyl (C=O) groups is 1. The van der Waals surface area contributed by atoms with Gasteiger partial charge in [0.1, 0.15) is 0 Å². The highest BCUT2D eigenvalue weighted by molar-refractivity contribution is 5.97. The molecule has 0 aliphatic carbocycles. The number of benzene rings is 1. The van der Waals surface area contributed by atoms with Crippen LogP contribution in [0.1, 0.15) is 43.3 Å². The van der Waals surface area contributed by atoms with Crippen molar-refractivity contribution in [3.05, 3.63) is 42.0 Å². The first-order chi connectivity index (χ1) is 12.2. The van der Waals surface area contributed by atoms with Crippen LogP contribution in [0.4, 0.5) is 5.69 Å². The zero-order valence-corrected chi connectivity index (χ0v) is 14.6. The van der Waals surface area contributed by atoms with Crippen LogP contribution in [0, 0.1) is 6.92 Å². The molecule has 1 unspecified atom stereocenters. The number of rotatable bonds is 3. The fourth-order valence-corrected chi connectivity index (χ4v) is 4.01. The molecule has 2 aliphatic rings. The highest BCUT2D eigenvalue weighted by Crippen LogP contribution is 2.30.